The lowest BCUT2D eigenvalue weighted by molar-refractivity contribution is -0.118. The summed E-state index contributed by atoms with van der Waals surface area (Å²) in [6.07, 6.45) is 0.854. The topological polar surface area (TPSA) is 87.0 Å². The number of rotatable bonds is 5. The van der Waals surface area contributed by atoms with Crippen LogP contribution >= 0.6 is 15.9 Å². The normalized spacial score (nSPS) is 10.9. The van der Waals surface area contributed by atoms with E-state index in [9.17, 15) is 13.2 Å². The summed E-state index contributed by atoms with van der Waals surface area (Å²) in [6.45, 7) is 2.03. The Hall–Kier alpha value is -2.17. The molecular weight excluding hydrogens is 392 g/mol. The van der Waals surface area contributed by atoms with Crippen LogP contribution in [0, 0.1) is 11.3 Å². The second-order valence-corrected chi connectivity index (χ2v) is 7.76. The fourth-order valence-corrected chi connectivity index (χ4v) is 3.80. The van der Waals surface area contributed by atoms with E-state index in [1.54, 1.807) is 12.1 Å². The molecule has 24 heavy (non-hydrogen) atoms. The first-order chi connectivity index (χ1) is 11.3. The average molecular weight is 407 g/mol. The van der Waals surface area contributed by atoms with Gasteiger partial charge in [0, 0.05) is 4.47 Å². The molecule has 0 unspecified atom stereocenters. The number of nitrogens with zero attached hydrogens (tertiary/aromatic N) is 1. The van der Waals surface area contributed by atoms with Gasteiger partial charge in [0.1, 0.15) is 0 Å². The molecular formula is C17H15BrN2O3S. The molecule has 0 aliphatic carbocycles. The van der Waals surface area contributed by atoms with E-state index in [1.165, 1.54) is 18.2 Å². The number of nitrogens with one attached hydrogen (secondary N) is 1. The number of amides is 1. The average Bonchev–Trinajstić information content (AvgIpc) is 2.54. The Morgan fingerprint density at radius 1 is 1.17 bits per heavy atom. The Balaban J connectivity index is 2.15. The number of carbonyl (C=O) groups is 1. The van der Waals surface area contributed by atoms with E-state index >= 15 is 0 Å². The standard InChI is InChI=1S/C17H15BrN2O3S/c1-2-12-3-5-13(6-4-12)9-17(21)20-24(22,23)16-8-14(11-19)7-15(18)10-16/h3-8,10H,2,9H2,1H3,(H,20,21). The van der Waals surface area contributed by atoms with Gasteiger partial charge in [-0.25, -0.2) is 13.1 Å². The predicted molar refractivity (Wildman–Crippen MR) is 93.7 cm³/mol. The number of sulfonamides is 1. The molecule has 0 saturated heterocycles. The summed E-state index contributed by atoms with van der Waals surface area (Å²) in [5.41, 5.74) is 2.06. The molecule has 0 aliphatic heterocycles. The minimum Gasteiger partial charge on any atom is -0.274 e. The highest BCUT2D eigenvalue weighted by Gasteiger charge is 2.19. The molecule has 124 valence electrons. The fraction of sp³-hybridized carbons (Fsp3) is 0.176. The number of halogens is 1. The van der Waals surface area contributed by atoms with Crippen LogP contribution in [-0.4, -0.2) is 14.3 Å². The van der Waals surface area contributed by atoms with Crippen LogP contribution < -0.4 is 4.72 Å². The highest BCUT2D eigenvalue weighted by molar-refractivity contribution is 9.10. The number of hydrogen-bond acceptors (Lipinski definition) is 4. The third-order valence-electron chi connectivity index (χ3n) is 3.35. The maximum absolute atomic E-state index is 12.3. The summed E-state index contributed by atoms with van der Waals surface area (Å²) in [5.74, 6) is -0.627. The van der Waals surface area contributed by atoms with Crippen molar-refractivity contribution in [2.45, 2.75) is 24.7 Å². The summed E-state index contributed by atoms with van der Waals surface area (Å²) in [4.78, 5) is 11.9. The van der Waals surface area contributed by atoms with Crippen LogP contribution in [0.3, 0.4) is 0 Å². The molecule has 0 heterocycles. The van der Waals surface area contributed by atoms with E-state index in [1.807, 2.05) is 29.8 Å². The minimum atomic E-state index is -4.03. The van der Waals surface area contributed by atoms with Gasteiger partial charge in [-0.2, -0.15) is 5.26 Å². The second kappa shape index (κ2) is 7.60. The van der Waals surface area contributed by atoms with Crippen LogP contribution in [-0.2, 0) is 27.7 Å². The Bertz CT molecular complexity index is 900. The Morgan fingerprint density at radius 2 is 1.79 bits per heavy atom. The first-order valence-electron chi connectivity index (χ1n) is 7.18. The van der Waals surface area contributed by atoms with Crippen molar-refractivity contribution in [1.82, 2.24) is 4.72 Å². The molecule has 0 radical (unpaired) electrons. The Morgan fingerprint density at radius 3 is 2.38 bits per heavy atom. The van der Waals surface area contributed by atoms with Crippen molar-refractivity contribution in [3.63, 3.8) is 0 Å². The van der Waals surface area contributed by atoms with Crippen molar-refractivity contribution in [2.75, 3.05) is 0 Å². The highest BCUT2D eigenvalue weighted by atomic mass is 79.9. The SMILES string of the molecule is CCc1ccc(CC(=O)NS(=O)(=O)c2cc(Br)cc(C#N)c2)cc1. The van der Waals surface area contributed by atoms with Gasteiger partial charge in [0.15, 0.2) is 0 Å². The molecule has 7 heteroatoms. The monoisotopic (exact) mass is 406 g/mol. The number of aryl methyl sites for hydroxylation is 1. The van der Waals surface area contributed by atoms with Crippen molar-refractivity contribution in [2.24, 2.45) is 0 Å². The molecule has 0 spiro atoms. The summed E-state index contributed by atoms with van der Waals surface area (Å²) in [7, 11) is -4.03. The molecule has 0 bridgehead atoms. The Kier molecular flexibility index (Phi) is 5.75. The van der Waals surface area contributed by atoms with Gasteiger partial charge in [-0.05, 0) is 35.7 Å². The maximum atomic E-state index is 12.3. The van der Waals surface area contributed by atoms with Crippen molar-refractivity contribution in [3.05, 3.63) is 63.6 Å². The molecule has 2 aromatic rings. The van der Waals surface area contributed by atoms with Crippen LogP contribution in [0.25, 0.3) is 0 Å². The van der Waals surface area contributed by atoms with E-state index in [4.69, 9.17) is 5.26 Å². The van der Waals surface area contributed by atoms with Gasteiger partial charge in [-0.15, -0.1) is 0 Å². The van der Waals surface area contributed by atoms with Gasteiger partial charge in [0.05, 0.1) is 22.9 Å². The van der Waals surface area contributed by atoms with Gasteiger partial charge in [-0.1, -0.05) is 47.1 Å². The molecule has 2 rings (SSSR count). The summed E-state index contributed by atoms with van der Waals surface area (Å²) in [5, 5.41) is 8.92. The summed E-state index contributed by atoms with van der Waals surface area (Å²) >= 11 is 3.15. The summed E-state index contributed by atoms with van der Waals surface area (Å²) in [6, 6.07) is 13.4. The van der Waals surface area contributed by atoms with Gasteiger partial charge < -0.3 is 0 Å². The van der Waals surface area contributed by atoms with Crippen molar-refractivity contribution < 1.29 is 13.2 Å². The third-order valence-corrected chi connectivity index (χ3v) is 5.17. The van der Waals surface area contributed by atoms with Gasteiger partial charge in [0.25, 0.3) is 10.0 Å². The van der Waals surface area contributed by atoms with Crippen LogP contribution in [0.2, 0.25) is 0 Å². The lowest BCUT2D eigenvalue weighted by atomic mass is 10.1. The first kappa shape index (κ1) is 18.2. The molecule has 0 aromatic heterocycles. The van der Waals surface area contributed by atoms with E-state index in [0.717, 1.165) is 17.5 Å². The maximum Gasteiger partial charge on any atom is 0.264 e. The van der Waals surface area contributed by atoms with Gasteiger partial charge in [-0.3, -0.25) is 4.79 Å². The molecule has 0 aliphatic rings. The molecule has 0 saturated carbocycles. The lowest BCUT2D eigenvalue weighted by Crippen LogP contribution is -2.31. The second-order valence-electron chi connectivity index (χ2n) is 5.16. The van der Waals surface area contributed by atoms with Gasteiger partial charge >= 0.3 is 0 Å². The van der Waals surface area contributed by atoms with Crippen LogP contribution in [0.4, 0.5) is 0 Å². The molecule has 1 amide bonds. The molecule has 0 atom stereocenters. The number of hydrogen-bond donors (Lipinski definition) is 1. The fourth-order valence-electron chi connectivity index (χ4n) is 2.11. The van der Waals surface area contributed by atoms with Crippen LogP contribution in [0.5, 0.6) is 0 Å². The van der Waals surface area contributed by atoms with E-state index in [-0.39, 0.29) is 16.9 Å². The molecule has 2 aromatic carbocycles. The number of carbonyl (C=O) groups excluding carboxylic acids is 1. The first-order valence-corrected chi connectivity index (χ1v) is 9.46. The smallest absolute Gasteiger partial charge is 0.264 e. The van der Waals surface area contributed by atoms with Crippen LogP contribution in [0.15, 0.2) is 51.8 Å². The Labute approximate surface area is 149 Å². The van der Waals surface area contributed by atoms with E-state index < -0.39 is 15.9 Å². The third kappa shape index (κ3) is 4.66. The largest absolute Gasteiger partial charge is 0.274 e. The quantitative estimate of drug-likeness (QED) is 0.826. The van der Waals surface area contributed by atoms with E-state index in [2.05, 4.69) is 15.9 Å². The van der Waals surface area contributed by atoms with E-state index in [0.29, 0.717) is 4.47 Å². The van der Waals surface area contributed by atoms with Crippen LogP contribution in [0.1, 0.15) is 23.6 Å². The zero-order valence-corrected chi connectivity index (χ0v) is 15.3. The number of nitriles is 1. The molecule has 0 fully saturated rings. The molecule has 5 nitrogen and oxygen atoms in total. The zero-order chi connectivity index (χ0) is 17.7. The van der Waals surface area contributed by atoms with Crippen molar-refractivity contribution in [1.29, 1.82) is 5.26 Å². The number of benzene rings is 2. The van der Waals surface area contributed by atoms with Crippen molar-refractivity contribution in [3.8, 4) is 6.07 Å². The summed E-state index contributed by atoms with van der Waals surface area (Å²) < 4.78 is 27.1. The molecule has 1 N–H and O–H groups in total. The highest BCUT2D eigenvalue weighted by Crippen LogP contribution is 2.19. The van der Waals surface area contributed by atoms with Gasteiger partial charge in [0.2, 0.25) is 5.91 Å². The van der Waals surface area contributed by atoms with Crippen molar-refractivity contribution >= 4 is 31.9 Å². The zero-order valence-electron chi connectivity index (χ0n) is 12.9. The predicted octanol–water partition coefficient (Wildman–Crippen LogP) is 2.93. The lowest BCUT2D eigenvalue weighted by Gasteiger charge is -2.08. The minimum absolute atomic E-state index is 0.0394.